The Kier molecular flexibility index (Phi) is 6.20. The minimum Gasteiger partial charge on any atom is -0.496 e. The Morgan fingerprint density at radius 1 is 1.20 bits per heavy atom. The molecule has 0 bridgehead atoms. The molecule has 0 aliphatic heterocycles. The van der Waals surface area contributed by atoms with E-state index in [1.54, 1.807) is 29.9 Å². The molecule has 0 radical (unpaired) electrons. The number of aryl methyl sites for hydroxylation is 2. The van der Waals surface area contributed by atoms with Crippen molar-refractivity contribution in [1.29, 1.82) is 0 Å². The number of amides is 1. The van der Waals surface area contributed by atoms with Crippen molar-refractivity contribution in [3.05, 3.63) is 64.5 Å². The van der Waals surface area contributed by atoms with Gasteiger partial charge in [-0.05, 0) is 38.3 Å². The summed E-state index contributed by atoms with van der Waals surface area (Å²) in [4.78, 5) is 23.5. The molecule has 3 rings (SSSR count). The van der Waals surface area contributed by atoms with E-state index < -0.39 is 0 Å². The monoisotopic (exact) mass is 407 g/mol. The maximum absolute atomic E-state index is 13.0. The number of methoxy groups -OCH3 is 1. The van der Waals surface area contributed by atoms with Crippen molar-refractivity contribution in [1.82, 2.24) is 24.6 Å². The molecule has 0 fully saturated rings. The van der Waals surface area contributed by atoms with Crippen LogP contribution in [0.15, 0.2) is 30.5 Å². The van der Waals surface area contributed by atoms with Gasteiger partial charge in [0.15, 0.2) is 0 Å². The fourth-order valence-electron chi connectivity index (χ4n) is 3.58. The summed E-state index contributed by atoms with van der Waals surface area (Å²) in [6.45, 7) is 10.4. The number of rotatable bonds is 6. The van der Waals surface area contributed by atoms with Gasteiger partial charge in [-0.15, -0.1) is 5.10 Å². The zero-order valence-corrected chi connectivity index (χ0v) is 18.7. The molecule has 2 aromatic heterocycles. The molecule has 2 heterocycles. The number of benzene rings is 1. The molecule has 0 unspecified atom stereocenters. The lowest BCUT2D eigenvalue weighted by Gasteiger charge is -2.18. The van der Waals surface area contributed by atoms with Crippen LogP contribution < -0.4 is 4.74 Å². The van der Waals surface area contributed by atoms with Crippen molar-refractivity contribution in [2.75, 3.05) is 14.2 Å². The maximum Gasteiger partial charge on any atom is 0.293 e. The number of hydrogen-bond acceptors (Lipinski definition) is 5. The van der Waals surface area contributed by atoms with Gasteiger partial charge in [-0.25, -0.2) is 9.67 Å². The zero-order valence-electron chi connectivity index (χ0n) is 18.7. The van der Waals surface area contributed by atoms with Crippen LogP contribution >= 0.6 is 0 Å². The molecule has 0 aliphatic carbocycles. The van der Waals surface area contributed by atoms with Gasteiger partial charge in [-0.3, -0.25) is 9.78 Å². The predicted molar refractivity (Wildman–Crippen MR) is 116 cm³/mol. The van der Waals surface area contributed by atoms with E-state index in [4.69, 9.17) is 4.74 Å². The number of aromatic nitrogens is 4. The molecule has 1 amide bonds. The van der Waals surface area contributed by atoms with Crippen LogP contribution in [0, 0.1) is 20.8 Å². The Morgan fingerprint density at radius 3 is 2.57 bits per heavy atom. The zero-order chi connectivity index (χ0) is 22.0. The standard InChI is InChI=1S/C23H29N5O2/c1-14(2)18-10-8-9-11-20(18)28-17(5)25-22(26-28)23(29)27(6)13-19-16(4)21(30-7)15(3)12-24-19/h8-12,14H,13H2,1-7H3. The van der Waals surface area contributed by atoms with Crippen molar-refractivity contribution >= 4 is 5.91 Å². The minimum absolute atomic E-state index is 0.172. The molecule has 7 heteroatoms. The van der Waals surface area contributed by atoms with Gasteiger partial charge in [-0.2, -0.15) is 0 Å². The van der Waals surface area contributed by atoms with E-state index >= 15 is 0 Å². The lowest BCUT2D eigenvalue weighted by molar-refractivity contribution is 0.0771. The summed E-state index contributed by atoms with van der Waals surface area (Å²) in [5, 5.41) is 4.53. The SMILES string of the molecule is COc1c(C)cnc(CN(C)C(=O)c2nc(C)n(-c3ccccc3C(C)C)n2)c1C. The number of carbonyl (C=O) groups is 1. The highest BCUT2D eigenvalue weighted by Gasteiger charge is 2.22. The molecule has 158 valence electrons. The van der Waals surface area contributed by atoms with Gasteiger partial charge in [0, 0.05) is 24.4 Å². The van der Waals surface area contributed by atoms with Gasteiger partial charge in [0.1, 0.15) is 11.6 Å². The molecule has 0 saturated heterocycles. The first-order valence-corrected chi connectivity index (χ1v) is 10.0. The van der Waals surface area contributed by atoms with Crippen molar-refractivity contribution in [3.8, 4) is 11.4 Å². The van der Waals surface area contributed by atoms with Crippen LogP contribution in [-0.4, -0.2) is 44.7 Å². The first-order valence-electron chi connectivity index (χ1n) is 10.0. The summed E-state index contributed by atoms with van der Waals surface area (Å²) < 4.78 is 7.21. The van der Waals surface area contributed by atoms with Crippen LogP contribution in [0.3, 0.4) is 0 Å². The number of carbonyl (C=O) groups excluding carboxylic acids is 1. The van der Waals surface area contributed by atoms with E-state index in [-0.39, 0.29) is 11.7 Å². The van der Waals surface area contributed by atoms with E-state index in [0.717, 1.165) is 33.8 Å². The number of para-hydroxylation sites is 1. The average molecular weight is 408 g/mol. The second-order valence-electron chi connectivity index (χ2n) is 7.82. The third-order valence-corrected chi connectivity index (χ3v) is 5.23. The molecule has 0 spiro atoms. The largest absolute Gasteiger partial charge is 0.496 e. The molecule has 1 aromatic carbocycles. The van der Waals surface area contributed by atoms with Crippen molar-refractivity contribution in [3.63, 3.8) is 0 Å². The highest BCUT2D eigenvalue weighted by atomic mass is 16.5. The molecule has 30 heavy (non-hydrogen) atoms. The van der Waals surface area contributed by atoms with Crippen LogP contribution in [0.5, 0.6) is 5.75 Å². The quantitative estimate of drug-likeness (QED) is 0.618. The van der Waals surface area contributed by atoms with Crippen LogP contribution in [0.4, 0.5) is 0 Å². The predicted octanol–water partition coefficient (Wildman–Crippen LogP) is 3.99. The first-order chi connectivity index (χ1) is 14.2. The Bertz CT molecular complexity index is 1070. The van der Waals surface area contributed by atoms with Crippen molar-refractivity contribution in [2.45, 2.75) is 47.1 Å². The summed E-state index contributed by atoms with van der Waals surface area (Å²) in [6, 6.07) is 8.06. The third-order valence-electron chi connectivity index (χ3n) is 5.23. The number of hydrogen-bond donors (Lipinski definition) is 0. The van der Waals surface area contributed by atoms with Crippen molar-refractivity contribution < 1.29 is 9.53 Å². The van der Waals surface area contributed by atoms with Crippen LogP contribution in [0.2, 0.25) is 0 Å². The summed E-state index contributed by atoms with van der Waals surface area (Å²) in [6.07, 6.45) is 1.76. The molecule has 0 atom stereocenters. The first kappa shape index (κ1) is 21.5. The van der Waals surface area contributed by atoms with Gasteiger partial charge < -0.3 is 9.64 Å². The fourth-order valence-corrected chi connectivity index (χ4v) is 3.58. The Morgan fingerprint density at radius 2 is 1.90 bits per heavy atom. The second-order valence-corrected chi connectivity index (χ2v) is 7.82. The molecule has 0 N–H and O–H groups in total. The molecule has 7 nitrogen and oxygen atoms in total. The minimum atomic E-state index is -0.250. The van der Waals surface area contributed by atoms with E-state index in [2.05, 4.69) is 35.0 Å². The highest BCUT2D eigenvalue weighted by Crippen LogP contribution is 2.25. The molecule has 0 aliphatic rings. The highest BCUT2D eigenvalue weighted by molar-refractivity contribution is 5.90. The van der Waals surface area contributed by atoms with Gasteiger partial charge in [0.25, 0.3) is 5.91 Å². The average Bonchev–Trinajstić information content (AvgIpc) is 3.11. The fraction of sp³-hybridized carbons (Fsp3) is 0.391. The normalized spacial score (nSPS) is 11.1. The Labute approximate surface area is 177 Å². The smallest absolute Gasteiger partial charge is 0.293 e. The van der Waals surface area contributed by atoms with Gasteiger partial charge in [0.05, 0.1) is 25.0 Å². The summed E-state index contributed by atoms with van der Waals surface area (Å²) in [5.41, 5.74) is 4.78. The van der Waals surface area contributed by atoms with Gasteiger partial charge in [0.2, 0.25) is 5.82 Å². The summed E-state index contributed by atoms with van der Waals surface area (Å²) in [5.74, 6) is 1.72. The van der Waals surface area contributed by atoms with E-state index in [9.17, 15) is 4.79 Å². The van der Waals surface area contributed by atoms with Crippen LogP contribution in [0.25, 0.3) is 5.69 Å². The number of nitrogens with zero attached hydrogens (tertiary/aromatic N) is 5. The van der Waals surface area contributed by atoms with E-state index in [0.29, 0.717) is 18.3 Å². The van der Waals surface area contributed by atoms with Crippen LogP contribution in [0.1, 0.15) is 58.6 Å². The van der Waals surface area contributed by atoms with Crippen molar-refractivity contribution in [2.24, 2.45) is 0 Å². The number of pyridine rings is 1. The van der Waals surface area contributed by atoms with Gasteiger partial charge >= 0.3 is 0 Å². The number of ether oxygens (including phenoxy) is 1. The summed E-state index contributed by atoms with van der Waals surface area (Å²) >= 11 is 0. The topological polar surface area (TPSA) is 73.1 Å². The molecular formula is C23H29N5O2. The van der Waals surface area contributed by atoms with Gasteiger partial charge in [-0.1, -0.05) is 32.0 Å². The Hall–Kier alpha value is -3.22. The maximum atomic E-state index is 13.0. The molecule has 3 aromatic rings. The second kappa shape index (κ2) is 8.65. The molecular weight excluding hydrogens is 378 g/mol. The van der Waals surface area contributed by atoms with Crippen LogP contribution in [-0.2, 0) is 6.54 Å². The third kappa shape index (κ3) is 4.06. The van der Waals surface area contributed by atoms with E-state index in [1.165, 1.54) is 0 Å². The summed E-state index contributed by atoms with van der Waals surface area (Å²) in [7, 11) is 3.37. The lowest BCUT2D eigenvalue weighted by atomic mass is 10.0. The Balaban J connectivity index is 1.88. The van der Waals surface area contributed by atoms with E-state index in [1.807, 2.05) is 39.0 Å². The molecule has 0 saturated carbocycles. The lowest BCUT2D eigenvalue weighted by Crippen LogP contribution is -2.28.